The summed E-state index contributed by atoms with van der Waals surface area (Å²) in [5.41, 5.74) is 1.02. The van der Waals surface area contributed by atoms with Crippen LogP contribution in [0.5, 0.6) is 0 Å². The van der Waals surface area contributed by atoms with Crippen LogP contribution in [0.2, 0.25) is 0 Å². The van der Waals surface area contributed by atoms with E-state index in [4.69, 9.17) is 4.74 Å². The molecule has 0 heterocycles. The molecular weight excluding hydrogens is 309 g/mol. The summed E-state index contributed by atoms with van der Waals surface area (Å²) in [5, 5.41) is 3.47. The highest BCUT2D eigenvalue weighted by molar-refractivity contribution is 9.10. The van der Waals surface area contributed by atoms with Gasteiger partial charge in [-0.1, -0.05) is 29.8 Å². The monoisotopic (exact) mass is 331 g/mol. The predicted molar refractivity (Wildman–Crippen MR) is 80.9 cm³/mol. The number of ether oxygens (including phenoxy) is 1. The Morgan fingerprint density at radius 3 is 2.68 bits per heavy atom. The Kier molecular flexibility index (Phi) is 7.57. The van der Waals surface area contributed by atoms with Crippen LogP contribution in [0.4, 0.5) is 4.39 Å². The van der Waals surface area contributed by atoms with E-state index in [2.05, 4.69) is 35.1 Å². The van der Waals surface area contributed by atoms with Crippen molar-refractivity contribution in [2.45, 2.75) is 32.7 Å². The number of methoxy groups -OCH3 is 1. The Hall–Kier alpha value is -0.450. The molecule has 2 nitrogen and oxygen atoms in total. The summed E-state index contributed by atoms with van der Waals surface area (Å²) in [7, 11) is 1.72. The topological polar surface area (TPSA) is 21.3 Å². The highest BCUT2D eigenvalue weighted by Crippen LogP contribution is 2.18. The minimum atomic E-state index is -0.190. The van der Waals surface area contributed by atoms with E-state index in [1.165, 1.54) is 6.07 Å². The molecule has 1 aromatic rings. The number of hydrogen-bond acceptors (Lipinski definition) is 2. The van der Waals surface area contributed by atoms with Gasteiger partial charge in [0.2, 0.25) is 0 Å². The van der Waals surface area contributed by atoms with E-state index in [1.807, 2.05) is 6.07 Å². The van der Waals surface area contributed by atoms with Gasteiger partial charge in [0.1, 0.15) is 5.82 Å². The van der Waals surface area contributed by atoms with Gasteiger partial charge in [0.25, 0.3) is 0 Å². The minimum Gasteiger partial charge on any atom is -0.384 e. The number of nitrogens with one attached hydrogen (secondary N) is 1. The first-order chi connectivity index (χ1) is 9.05. The molecule has 19 heavy (non-hydrogen) atoms. The van der Waals surface area contributed by atoms with Crippen molar-refractivity contribution in [3.8, 4) is 0 Å². The molecule has 0 saturated carbocycles. The van der Waals surface area contributed by atoms with Crippen LogP contribution in [-0.2, 0) is 11.2 Å². The van der Waals surface area contributed by atoms with E-state index in [-0.39, 0.29) is 5.82 Å². The molecule has 1 aromatic carbocycles. The number of halogens is 2. The fourth-order valence-corrected chi connectivity index (χ4v) is 2.89. The molecule has 0 radical (unpaired) electrons. The largest absolute Gasteiger partial charge is 0.384 e. The van der Waals surface area contributed by atoms with Gasteiger partial charge in [-0.05, 0) is 49.1 Å². The van der Waals surface area contributed by atoms with Crippen molar-refractivity contribution in [1.29, 1.82) is 0 Å². The molecule has 4 heteroatoms. The van der Waals surface area contributed by atoms with Gasteiger partial charge in [-0.2, -0.15) is 0 Å². The third-order valence-electron chi connectivity index (χ3n) is 3.04. The first-order valence-electron chi connectivity index (χ1n) is 6.72. The van der Waals surface area contributed by atoms with E-state index < -0.39 is 0 Å². The predicted octanol–water partition coefficient (Wildman–Crippen LogP) is 3.78. The fourth-order valence-electron chi connectivity index (χ4n) is 2.38. The van der Waals surface area contributed by atoms with Crippen LogP contribution < -0.4 is 5.32 Å². The SMILES string of the molecule is CCNC(Cc1cc(F)cc(Br)c1)CC(C)COC. The molecule has 0 spiro atoms. The van der Waals surface area contributed by atoms with Gasteiger partial charge >= 0.3 is 0 Å². The summed E-state index contributed by atoms with van der Waals surface area (Å²) in [6.45, 7) is 5.94. The molecule has 1 rings (SSSR count). The molecule has 0 fully saturated rings. The van der Waals surface area contributed by atoms with Crippen LogP contribution in [0.25, 0.3) is 0 Å². The van der Waals surface area contributed by atoms with Crippen LogP contribution in [0.1, 0.15) is 25.8 Å². The second kappa shape index (κ2) is 8.67. The van der Waals surface area contributed by atoms with Crippen molar-refractivity contribution in [2.75, 3.05) is 20.3 Å². The number of rotatable bonds is 8. The summed E-state index contributed by atoms with van der Waals surface area (Å²) in [6, 6.07) is 5.42. The number of likely N-dealkylation sites (N-methyl/N-ethyl adjacent to an activating group) is 1. The van der Waals surface area contributed by atoms with Crippen molar-refractivity contribution < 1.29 is 9.13 Å². The summed E-state index contributed by atoms with van der Waals surface area (Å²) < 4.78 is 19.3. The average molecular weight is 332 g/mol. The third kappa shape index (κ3) is 6.50. The first-order valence-corrected chi connectivity index (χ1v) is 7.51. The van der Waals surface area contributed by atoms with Crippen LogP contribution in [-0.4, -0.2) is 26.3 Å². The maximum atomic E-state index is 13.4. The van der Waals surface area contributed by atoms with E-state index >= 15 is 0 Å². The molecule has 1 N–H and O–H groups in total. The molecule has 0 bridgehead atoms. The molecule has 0 amide bonds. The maximum absolute atomic E-state index is 13.4. The average Bonchev–Trinajstić information content (AvgIpc) is 2.27. The number of benzene rings is 1. The van der Waals surface area contributed by atoms with Crippen molar-refractivity contribution in [2.24, 2.45) is 5.92 Å². The van der Waals surface area contributed by atoms with Gasteiger partial charge in [-0.25, -0.2) is 4.39 Å². The highest BCUT2D eigenvalue weighted by atomic mass is 79.9. The van der Waals surface area contributed by atoms with Gasteiger partial charge in [0, 0.05) is 24.2 Å². The van der Waals surface area contributed by atoms with E-state index in [0.29, 0.717) is 12.0 Å². The van der Waals surface area contributed by atoms with Crippen LogP contribution in [0.15, 0.2) is 22.7 Å². The highest BCUT2D eigenvalue weighted by Gasteiger charge is 2.13. The Morgan fingerprint density at radius 1 is 1.37 bits per heavy atom. The molecule has 2 atom stereocenters. The van der Waals surface area contributed by atoms with E-state index in [0.717, 1.165) is 36.0 Å². The van der Waals surface area contributed by atoms with Crippen LogP contribution in [0.3, 0.4) is 0 Å². The fraction of sp³-hybridized carbons (Fsp3) is 0.600. The summed E-state index contributed by atoms with van der Waals surface area (Å²) >= 11 is 3.34. The summed E-state index contributed by atoms with van der Waals surface area (Å²) in [4.78, 5) is 0. The molecule has 0 aliphatic rings. The Bertz CT molecular complexity index is 366. The molecule has 0 aromatic heterocycles. The quantitative estimate of drug-likeness (QED) is 0.782. The van der Waals surface area contributed by atoms with Crippen molar-refractivity contribution in [3.05, 3.63) is 34.1 Å². The second-order valence-electron chi connectivity index (χ2n) is 5.03. The zero-order chi connectivity index (χ0) is 14.3. The van der Waals surface area contributed by atoms with E-state index in [1.54, 1.807) is 13.2 Å². The summed E-state index contributed by atoms with van der Waals surface area (Å²) in [6.07, 6.45) is 1.86. The van der Waals surface area contributed by atoms with Crippen LogP contribution in [0, 0.1) is 11.7 Å². The zero-order valence-electron chi connectivity index (χ0n) is 11.9. The van der Waals surface area contributed by atoms with Gasteiger partial charge in [-0.15, -0.1) is 0 Å². The molecule has 0 aliphatic heterocycles. The lowest BCUT2D eigenvalue weighted by molar-refractivity contribution is 0.149. The maximum Gasteiger partial charge on any atom is 0.124 e. The third-order valence-corrected chi connectivity index (χ3v) is 3.49. The zero-order valence-corrected chi connectivity index (χ0v) is 13.5. The molecule has 0 aliphatic carbocycles. The Balaban J connectivity index is 2.66. The molecule has 2 unspecified atom stereocenters. The van der Waals surface area contributed by atoms with Crippen molar-refractivity contribution >= 4 is 15.9 Å². The Labute approximate surface area is 123 Å². The lowest BCUT2D eigenvalue weighted by Crippen LogP contribution is -2.33. The summed E-state index contributed by atoms with van der Waals surface area (Å²) in [5.74, 6) is 0.301. The second-order valence-corrected chi connectivity index (χ2v) is 5.95. The normalized spacial score (nSPS) is 14.4. The van der Waals surface area contributed by atoms with Crippen molar-refractivity contribution in [3.63, 3.8) is 0 Å². The first kappa shape index (κ1) is 16.6. The molecular formula is C15H23BrFNO. The van der Waals surface area contributed by atoms with Crippen molar-refractivity contribution in [1.82, 2.24) is 5.32 Å². The standard InChI is InChI=1S/C15H23BrFNO/c1-4-18-15(5-11(2)10-19-3)8-12-6-13(16)9-14(17)7-12/h6-7,9,11,15,18H,4-5,8,10H2,1-3H3. The lowest BCUT2D eigenvalue weighted by Gasteiger charge is -2.21. The van der Waals surface area contributed by atoms with Gasteiger partial charge in [0.15, 0.2) is 0 Å². The smallest absolute Gasteiger partial charge is 0.124 e. The van der Waals surface area contributed by atoms with Crippen LogP contribution >= 0.6 is 15.9 Å². The lowest BCUT2D eigenvalue weighted by atomic mass is 9.96. The Morgan fingerprint density at radius 2 is 2.11 bits per heavy atom. The van der Waals surface area contributed by atoms with Gasteiger partial charge < -0.3 is 10.1 Å². The molecule has 108 valence electrons. The van der Waals surface area contributed by atoms with Gasteiger partial charge in [0.05, 0.1) is 0 Å². The van der Waals surface area contributed by atoms with E-state index in [9.17, 15) is 4.39 Å². The number of hydrogen-bond donors (Lipinski definition) is 1. The minimum absolute atomic E-state index is 0.190. The molecule has 0 saturated heterocycles. The van der Waals surface area contributed by atoms with Gasteiger partial charge in [-0.3, -0.25) is 0 Å².